The minimum absolute atomic E-state index is 0.0297. The van der Waals surface area contributed by atoms with Crippen LogP contribution in [0.3, 0.4) is 0 Å². The first kappa shape index (κ1) is 17.8. The molecule has 2 heterocycles. The van der Waals surface area contributed by atoms with Crippen LogP contribution in [0.15, 0.2) is 0 Å². The lowest BCUT2D eigenvalue weighted by molar-refractivity contribution is -0.162. The summed E-state index contributed by atoms with van der Waals surface area (Å²) in [6.45, 7) is 9.35. The number of nitrogens with zero attached hydrogens (tertiary/aromatic N) is 2. The Bertz CT molecular complexity index is 481. The van der Waals surface area contributed by atoms with Gasteiger partial charge >= 0.3 is 0 Å². The third kappa shape index (κ3) is 3.35. The molecule has 130 valence electrons. The summed E-state index contributed by atoms with van der Waals surface area (Å²) >= 11 is 0. The Morgan fingerprint density at radius 2 is 1.91 bits per heavy atom. The van der Waals surface area contributed by atoms with Gasteiger partial charge in [-0.05, 0) is 31.6 Å². The van der Waals surface area contributed by atoms with E-state index in [0.29, 0.717) is 44.8 Å². The maximum atomic E-state index is 12.9. The number of hydrogen-bond acceptors (Lipinski definition) is 3. The van der Waals surface area contributed by atoms with E-state index < -0.39 is 11.6 Å². The number of nitrogens with one attached hydrogen (secondary N) is 1. The van der Waals surface area contributed by atoms with Crippen LogP contribution in [0.1, 0.15) is 53.4 Å². The molecule has 2 aliphatic rings. The monoisotopic (exact) mass is 323 g/mol. The highest BCUT2D eigenvalue weighted by atomic mass is 16.2. The molecule has 2 saturated heterocycles. The van der Waals surface area contributed by atoms with Crippen molar-refractivity contribution in [2.45, 2.75) is 65.0 Å². The number of hydrogen-bond donors (Lipinski definition) is 1. The van der Waals surface area contributed by atoms with Gasteiger partial charge in [0.15, 0.2) is 0 Å². The molecular weight excluding hydrogens is 294 g/mol. The van der Waals surface area contributed by atoms with E-state index in [1.165, 1.54) is 0 Å². The lowest BCUT2D eigenvalue weighted by atomic mass is 9.81. The van der Waals surface area contributed by atoms with Gasteiger partial charge in [-0.1, -0.05) is 20.8 Å². The molecule has 2 fully saturated rings. The minimum atomic E-state index is -0.771. The third-order valence-electron chi connectivity index (χ3n) is 5.00. The van der Waals surface area contributed by atoms with Crippen molar-refractivity contribution in [3.63, 3.8) is 0 Å². The van der Waals surface area contributed by atoms with Crippen LogP contribution in [0.5, 0.6) is 0 Å². The fourth-order valence-corrected chi connectivity index (χ4v) is 3.74. The fourth-order valence-electron chi connectivity index (χ4n) is 3.74. The zero-order valence-electron chi connectivity index (χ0n) is 14.7. The quantitative estimate of drug-likeness (QED) is 0.844. The zero-order chi connectivity index (χ0) is 17.2. The molecule has 0 aliphatic carbocycles. The van der Waals surface area contributed by atoms with Gasteiger partial charge in [-0.25, -0.2) is 0 Å². The largest absolute Gasteiger partial charge is 0.343 e. The van der Waals surface area contributed by atoms with Gasteiger partial charge in [-0.15, -0.1) is 0 Å². The van der Waals surface area contributed by atoms with Crippen LogP contribution in [0.2, 0.25) is 0 Å². The molecule has 1 unspecified atom stereocenters. The van der Waals surface area contributed by atoms with E-state index in [2.05, 4.69) is 19.2 Å². The van der Waals surface area contributed by atoms with Crippen LogP contribution in [-0.2, 0) is 14.4 Å². The molecule has 1 spiro atoms. The van der Waals surface area contributed by atoms with E-state index in [0.717, 1.165) is 6.42 Å². The SMILES string of the molecule is CCCN1C(=O)C(CC(C)C)NC(=O)C12CCN(C(C)=O)CC2. The van der Waals surface area contributed by atoms with E-state index in [1.807, 2.05) is 6.92 Å². The van der Waals surface area contributed by atoms with Crippen molar-refractivity contribution in [2.24, 2.45) is 5.92 Å². The van der Waals surface area contributed by atoms with Crippen LogP contribution in [0.25, 0.3) is 0 Å². The van der Waals surface area contributed by atoms with Gasteiger partial charge in [0.05, 0.1) is 0 Å². The first-order chi connectivity index (χ1) is 10.8. The third-order valence-corrected chi connectivity index (χ3v) is 5.00. The van der Waals surface area contributed by atoms with Crippen molar-refractivity contribution in [3.8, 4) is 0 Å². The van der Waals surface area contributed by atoms with Gasteiger partial charge < -0.3 is 15.1 Å². The van der Waals surface area contributed by atoms with E-state index >= 15 is 0 Å². The zero-order valence-corrected chi connectivity index (χ0v) is 14.7. The number of carbonyl (C=O) groups is 3. The Hall–Kier alpha value is -1.59. The normalized spacial score (nSPS) is 24.3. The second-order valence-electron chi connectivity index (χ2n) is 7.18. The van der Waals surface area contributed by atoms with Gasteiger partial charge in [0.25, 0.3) is 0 Å². The van der Waals surface area contributed by atoms with E-state index in [-0.39, 0.29) is 17.7 Å². The lowest BCUT2D eigenvalue weighted by Crippen LogP contribution is -2.73. The number of amides is 3. The number of likely N-dealkylation sites (tertiary alicyclic amines) is 1. The van der Waals surface area contributed by atoms with Crippen molar-refractivity contribution in [1.29, 1.82) is 0 Å². The molecule has 3 amide bonds. The molecule has 6 heteroatoms. The van der Waals surface area contributed by atoms with E-state index in [1.54, 1.807) is 16.7 Å². The Labute approximate surface area is 138 Å². The average molecular weight is 323 g/mol. The van der Waals surface area contributed by atoms with Gasteiger partial charge in [-0.2, -0.15) is 0 Å². The van der Waals surface area contributed by atoms with Gasteiger partial charge in [0.2, 0.25) is 17.7 Å². The van der Waals surface area contributed by atoms with Crippen molar-refractivity contribution in [2.75, 3.05) is 19.6 Å². The molecule has 0 radical (unpaired) electrons. The van der Waals surface area contributed by atoms with Gasteiger partial charge in [-0.3, -0.25) is 14.4 Å². The summed E-state index contributed by atoms with van der Waals surface area (Å²) in [7, 11) is 0. The molecule has 0 bridgehead atoms. The molecule has 6 nitrogen and oxygen atoms in total. The minimum Gasteiger partial charge on any atom is -0.343 e. The number of piperazine rings is 1. The predicted octanol–water partition coefficient (Wildman–Crippen LogP) is 1.15. The molecule has 0 aromatic carbocycles. The summed E-state index contributed by atoms with van der Waals surface area (Å²) in [6.07, 6.45) is 2.54. The van der Waals surface area contributed by atoms with Gasteiger partial charge in [0, 0.05) is 26.6 Å². The summed E-state index contributed by atoms with van der Waals surface area (Å²) < 4.78 is 0. The summed E-state index contributed by atoms with van der Waals surface area (Å²) in [5, 5.41) is 2.96. The molecule has 0 aromatic heterocycles. The second-order valence-corrected chi connectivity index (χ2v) is 7.18. The Morgan fingerprint density at radius 3 is 2.39 bits per heavy atom. The Balaban J connectivity index is 2.23. The number of piperidine rings is 1. The van der Waals surface area contributed by atoms with Crippen LogP contribution in [-0.4, -0.2) is 58.7 Å². The summed E-state index contributed by atoms with van der Waals surface area (Å²) in [4.78, 5) is 40.9. The van der Waals surface area contributed by atoms with Gasteiger partial charge in [0.1, 0.15) is 11.6 Å². The maximum absolute atomic E-state index is 12.9. The topological polar surface area (TPSA) is 69.7 Å². The fraction of sp³-hybridized carbons (Fsp3) is 0.824. The molecule has 0 saturated carbocycles. The summed E-state index contributed by atoms with van der Waals surface area (Å²) in [5.74, 6) is 0.374. The molecule has 1 N–H and O–H groups in total. The number of carbonyl (C=O) groups excluding carboxylic acids is 3. The smallest absolute Gasteiger partial charge is 0.246 e. The highest BCUT2D eigenvalue weighted by molar-refractivity contribution is 6.00. The molecule has 1 atom stereocenters. The van der Waals surface area contributed by atoms with Crippen molar-refractivity contribution in [3.05, 3.63) is 0 Å². The van der Waals surface area contributed by atoms with Crippen molar-refractivity contribution >= 4 is 17.7 Å². The maximum Gasteiger partial charge on any atom is 0.246 e. The first-order valence-electron chi connectivity index (χ1n) is 8.69. The van der Waals surface area contributed by atoms with Crippen molar-refractivity contribution in [1.82, 2.24) is 15.1 Å². The predicted molar refractivity (Wildman–Crippen MR) is 87.6 cm³/mol. The Kier molecular flexibility index (Phi) is 5.32. The van der Waals surface area contributed by atoms with E-state index in [4.69, 9.17) is 0 Å². The number of rotatable bonds is 4. The van der Waals surface area contributed by atoms with Crippen LogP contribution in [0, 0.1) is 5.92 Å². The molecule has 2 aliphatic heterocycles. The van der Waals surface area contributed by atoms with Crippen LogP contribution >= 0.6 is 0 Å². The lowest BCUT2D eigenvalue weighted by Gasteiger charge is -2.51. The summed E-state index contributed by atoms with van der Waals surface area (Å²) in [6, 6.07) is -0.412. The molecule has 23 heavy (non-hydrogen) atoms. The molecule has 2 rings (SSSR count). The highest BCUT2D eigenvalue weighted by Crippen LogP contribution is 2.34. The first-order valence-corrected chi connectivity index (χ1v) is 8.69. The Morgan fingerprint density at radius 1 is 1.30 bits per heavy atom. The average Bonchev–Trinajstić information content (AvgIpc) is 2.49. The van der Waals surface area contributed by atoms with Crippen molar-refractivity contribution < 1.29 is 14.4 Å². The van der Waals surface area contributed by atoms with Crippen LogP contribution in [0.4, 0.5) is 0 Å². The molecule has 0 aromatic rings. The van der Waals surface area contributed by atoms with Crippen LogP contribution < -0.4 is 5.32 Å². The highest BCUT2D eigenvalue weighted by Gasteiger charge is 2.53. The summed E-state index contributed by atoms with van der Waals surface area (Å²) in [5.41, 5.74) is -0.771. The van der Waals surface area contributed by atoms with E-state index in [9.17, 15) is 14.4 Å². The second kappa shape index (κ2) is 6.89. The molecular formula is C17H29N3O3. The standard InChI is InChI=1S/C17H29N3O3/c1-5-8-20-15(22)14(11-12(2)3)18-16(23)17(20)6-9-19(10-7-17)13(4)21/h12,14H,5-11H2,1-4H3,(H,18,23).